The van der Waals surface area contributed by atoms with Gasteiger partial charge in [0.1, 0.15) is 11.4 Å². The lowest BCUT2D eigenvalue weighted by atomic mass is 9.76. The minimum atomic E-state index is 0.205. The van der Waals surface area contributed by atoms with Crippen LogP contribution in [0, 0.1) is 17.3 Å². The summed E-state index contributed by atoms with van der Waals surface area (Å²) in [7, 11) is 0. The number of carbonyl (C=O) groups is 2. The molecule has 2 fully saturated rings. The summed E-state index contributed by atoms with van der Waals surface area (Å²) in [6, 6.07) is 9.90. The summed E-state index contributed by atoms with van der Waals surface area (Å²) in [6.07, 6.45) is 26.2. The monoisotopic (exact) mass is 526 g/mol. The second kappa shape index (κ2) is 14.1. The maximum atomic E-state index is 11.8. The number of hydrogen-bond donors (Lipinski definition) is 1. The van der Waals surface area contributed by atoms with Crippen molar-refractivity contribution in [3.63, 3.8) is 0 Å². The molecule has 1 aromatic heterocycles. The summed E-state index contributed by atoms with van der Waals surface area (Å²) >= 11 is 0. The third-order valence-corrected chi connectivity index (χ3v) is 7.92. The first-order valence-corrected chi connectivity index (χ1v) is 14.3. The normalized spacial score (nSPS) is 23.7. The molecule has 5 nitrogen and oxygen atoms in total. The number of hydrogen-bond acceptors (Lipinski definition) is 4. The topological polar surface area (TPSA) is 62.6 Å². The number of nitrogens with one attached hydrogen (secondary N) is 1. The van der Waals surface area contributed by atoms with Crippen LogP contribution in [0.5, 0.6) is 0 Å². The van der Waals surface area contributed by atoms with Crippen LogP contribution in [0.1, 0.15) is 46.0 Å². The predicted molar refractivity (Wildman–Crippen MR) is 159 cm³/mol. The molecule has 0 bridgehead atoms. The maximum Gasteiger partial charge on any atom is 0.222 e. The van der Waals surface area contributed by atoms with Gasteiger partial charge in [0.2, 0.25) is 5.91 Å². The number of nitrogens with zero attached hydrogens (tertiary/aromatic N) is 1. The number of piperazine rings is 1. The van der Waals surface area contributed by atoms with Crippen molar-refractivity contribution in [2.75, 3.05) is 26.2 Å². The number of amides is 1. The van der Waals surface area contributed by atoms with Gasteiger partial charge >= 0.3 is 0 Å². The Balaban J connectivity index is 0.000000154. The lowest BCUT2D eigenvalue weighted by molar-refractivity contribution is -0.131. The molecule has 1 aliphatic heterocycles. The Morgan fingerprint density at radius 3 is 2.67 bits per heavy atom. The molecule has 1 amide bonds. The number of carbonyl (C=O) groups excluding carboxylic acids is 2. The average Bonchev–Trinajstić information content (AvgIpc) is 3.61. The average molecular weight is 527 g/mol. The van der Waals surface area contributed by atoms with E-state index in [-0.39, 0.29) is 11.3 Å². The Morgan fingerprint density at radius 2 is 1.90 bits per heavy atom. The highest BCUT2D eigenvalue weighted by atomic mass is 16.3. The minimum Gasteiger partial charge on any atom is -0.464 e. The highest BCUT2D eigenvalue weighted by Gasteiger charge is 2.56. The smallest absolute Gasteiger partial charge is 0.222 e. The molecule has 1 N–H and O–H groups in total. The molecule has 6 rings (SSSR count). The number of benzene rings is 1. The van der Waals surface area contributed by atoms with Crippen molar-refractivity contribution in [2.24, 2.45) is 17.3 Å². The summed E-state index contributed by atoms with van der Waals surface area (Å²) in [5.74, 6) is 1.57. The van der Waals surface area contributed by atoms with Crippen molar-refractivity contribution in [3.8, 4) is 0 Å². The van der Waals surface area contributed by atoms with E-state index in [9.17, 15) is 9.59 Å². The summed E-state index contributed by atoms with van der Waals surface area (Å²) in [5.41, 5.74) is 2.57. The van der Waals surface area contributed by atoms with Crippen molar-refractivity contribution in [3.05, 3.63) is 96.9 Å². The van der Waals surface area contributed by atoms with E-state index in [1.165, 1.54) is 12.0 Å². The van der Waals surface area contributed by atoms with Gasteiger partial charge in [0, 0.05) is 49.8 Å². The molecule has 3 atom stereocenters. The van der Waals surface area contributed by atoms with Crippen molar-refractivity contribution < 1.29 is 14.0 Å². The zero-order chi connectivity index (χ0) is 27.5. The number of allylic oxidation sites excluding steroid dienone is 10. The van der Waals surface area contributed by atoms with E-state index in [0.29, 0.717) is 30.5 Å². The summed E-state index contributed by atoms with van der Waals surface area (Å²) < 4.78 is 5.12. The van der Waals surface area contributed by atoms with Gasteiger partial charge in [-0.15, -0.1) is 0 Å². The van der Waals surface area contributed by atoms with Gasteiger partial charge in [-0.3, -0.25) is 4.79 Å². The molecule has 0 radical (unpaired) electrons. The molecule has 2 heterocycles. The Morgan fingerprint density at radius 1 is 1.08 bits per heavy atom. The number of Topliss-reactive ketones (excluding diaryl/α,β-unsaturated/α-hetero) is 1. The van der Waals surface area contributed by atoms with E-state index in [2.05, 4.69) is 60.0 Å². The quantitative estimate of drug-likeness (QED) is 0.435. The van der Waals surface area contributed by atoms with E-state index in [0.717, 1.165) is 50.0 Å². The van der Waals surface area contributed by atoms with Crippen molar-refractivity contribution >= 4 is 22.7 Å². The Bertz CT molecular complexity index is 1230. The molecule has 0 spiro atoms. The van der Waals surface area contributed by atoms with Crippen molar-refractivity contribution in [1.82, 2.24) is 10.2 Å². The molecule has 1 saturated carbocycles. The van der Waals surface area contributed by atoms with Crippen LogP contribution in [0.3, 0.4) is 0 Å². The molecular formula is C34H42N2O3. The fourth-order valence-corrected chi connectivity index (χ4v) is 5.74. The van der Waals surface area contributed by atoms with Gasteiger partial charge in [0.15, 0.2) is 0 Å². The van der Waals surface area contributed by atoms with Gasteiger partial charge in [-0.25, -0.2) is 0 Å². The van der Waals surface area contributed by atoms with Gasteiger partial charge < -0.3 is 19.4 Å². The number of fused-ring (bicyclic) bond motifs is 2. The van der Waals surface area contributed by atoms with Gasteiger partial charge in [-0.05, 0) is 50.2 Å². The zero-order valence-electron chi connectivity index (χ0n) is 23.4. The number of furan rings is 1. The first-order valence-electron chi connectivity index (χ1n) is 14.3. The number of ketones is 1. The van der Waals surface area contributed by atoms with Crippen LogP contribution in [0.25, 0.3) is 11.0 Å². The second-order valence-corrected chi connectivity index (χ2v) is 10.6. The molecule has 5 heteroatoms. The second-order valence-electron chi connectivity index (χ2n) is 10.6. The van der Waals surface area contributed by atoms with Crippen LogP contribution < -0.4 is 5.32 Å². The van der Waals surface area contributed by atoms with Crippen LogP contribution in [0.4, 0.5) is 0 Å². The molecule has 206 valence electrons. The molecule has 3 aliphatic carbocycles. The molecule has 2 aromatic rings. The van der Waals surface area contributed by atoms with Crippen molar-refractivity contribution in [2.45, 2.75) is 46.0 Å². The van der Waals surface area contributed by atoms with Crippen LogP contribution in [-0.4, -0.2) is 42.8 Å². The lowest BCUT2D eigenvalue weighted by Crippen LogP contribution is -2.46. The molecule has 1 aromatic carbocycles. The first-order chi connectivity index (χ1) is 19.0. The minimum absolute atomic E-state index is 0.205. The van der Waals surface area contributed by atoms with Crippen LogP contribution in [0.15, 0.2) is 101 Å². The Labute approximate surface area is 233 Å². The van der Waals surface area contributed by atoms with Crippen LogP contribution >= 0.6 is 0 Å². The van der Waals surface area contributed by atoms with Gasteiger partial charge in [0.25, 0.3) is 0 Å². The summed E-state index contributed by atoms with van der Waals surface area (Å²) in [6.45, 7) is 7.29. The van der Waals surface area contributed by atoms with Gasteiger partial charge in [-0.2, -0.15) is 0 Å². The molecule has 4 aliphatic rings. The van der Waals surface area contributed by atoms with Crippen molar-refractivity contribution in [1.29, 1.82) is 0 Å². The Hall–Kier alpha value is -3.44. The molecule has 3 unspecified atom stereocenters. The Kier molecular flexibility index (Phi) is 10.3. The highest BCUT2D eigenvalue weighted by molar-refractivity contribution is 5.77. The fourth-order valence-electron chi connectivity index (χ4n) is 5.74. The molecule has 1 saturated heterocycles. The molecular weight excluding hydrogens is 484 g/mol. The van der Waals surface area contributed by atoms with E-state index in [1.807, 2.05) is 42.2 Å². The van der Waals surface area contributed by atoms with E-state index in [1.54, 1.807) is 13.2 Å². The van der Waals surface area contributed by atoms with E-state index >= 15 is 0 Å². The maximum absolute atomic E-state index is 11.8. The highest BCUT2D eigenvalue weighted by Crippen LogP contribution is 2.63. The molecule has 39 heavy (non-hydrogen) atoms. The lowest BCUT2D eigenvalue weighted by Gasteiger charge is -2.27. The third-order valence-electron chi connectivity index (χ3n) is 7.92. The standard InChI is InChI=1S/C19H22O.C8H6O.C7H14N2O/c1-15(20)13-18(16-9-5-2-3-6-10-16)19-12-8-4-7-11-17(19)14-19;1-2-4-8-7(3-1)5-6-9-8;1-2-7(10)9-5-3-8-4-6-9/h2-3,5-9,11-12,17-18H,4,10,13-14H2,1H3;1-6H;8H,2-6H2,1H3. The van der Waals surface area contributed by atoms with Gasteiger partial charge in [0.05, 0.1) is 6.26 Å². The third kappa shape index (κ3) is 7.79. The van der Waals surface area contributed by atoms with Gasteiger partial charge in [-0.1, -0.05) is 85.4 Å². The fraction of sp³-hybridized carbons (Fsp3) is 0.412. The number of para-hydroxylation sites is 1. The van der Waals surface area contributed by atoms with E-state index in [4.69, 9.17) is 4.42 Å². The SMILES string of the molecule is CC(=O)CC(C1=CC=CC=CC1)C12C=CCC=CC1C2.CCC(=O)N1CCNCC1.c1ccc2occc2c1. The largest absolute Gasteiger partial charge is 0.464 e. The van der Waals surface area contributed by atoms with Crippen LogP contribution in [-0.2, 0) is 9.59 Å². The summed E-state index contributed by atoms with van der Waals surface area (Å²) in [4.78, 5) is 24.7. The van der Waals surface area contributed by atoms with E-state index < -0.39 is 0 Å². The zero-order valence-corrected chi connectivity index (χ0v) is 23.4. The number of rotatable bonds is 5. The summed E-state index contributed by atoms with van der Waals surface area (Å²) in [5, 5.41) is 4.36. The van der Waals surface area contributed by atoms with Crippen LogP contribution in [0.2, 0.25) is 0 Å². The first kappa shape index (κ1) is 28.6. The predicted octanol–water partition coefficient (Wildman–Crippen LogP) is 6.81.